The highest BCUT2D eigenvalue weighted by Gasteiger charge is 2.22. The molecule has 1 rings (SSSR count). The van der Waals surface area contributed by atoms with Crippen molar-refractivity contribution in [3.63, 3.8) is 0 Å². The van der Waals surface area contributed by atoms with Crippen molar-refractivity contribution in [1.29, 1.82) is 5.26 Å². The van der Waals surface area contributed by atoms with Crippen molar-refractivity contribution >= 4 is 35.0 Å². The average molecular weight is 303 g/mol. The molecule has 0 fully saturated rings. The maximum absolute atomic E-state index is 9.22. The Morgan fingerprint density at radius 1 is 1.39 bits per heavy atom. The smallest absolute Gasteiger partial charge is 0.113 e. The van der Waals surface area contributed by atoms with Gasteiger partial charge in [0.2, 0.25) is 0 Å². The van der Waals surface area contributed by atoms with Gasteiger partial charge in [-0.2, -0.15) is 5.26 Å². The molecule has 2 nitrogen and oxygen atoms in total. The molecule has 0 amide bonds. The molecule has 0 saturated heterocycles. The minimum Gasteiger partial charge on any atom is -0.299 e. The number of halogens is 2. The first kappa shape index (κ1) is 15.7. The van der Waals surface area contributed by atoms with Gasteiger partial charge < -0.3 is 0 Å². The highest BCUT2D eigenvalue weighted by Crippen LogP contribution is 2.29. The highest BCUT2D eigenvalue weighted by atomic mass is 35.5. The van der Waals surface area contributed by atoms with Gasteiger partial charge in [-0.25, -0.2) is 0 Å². The van der Waals surface area contributed by atoms with Gasteiger partial charge >= 0.3 is 0 Å². The van der Waals surface area contributed by atoms with Gasteiger partial charge in [0.25, 0.3) is 0 Å². The molecule has 0 saturated carbocycles. The van der Waals surface area contributed by atoms with Crippen LogP contribution in [0.4, 0.5) is 0 Å². The summed E-state index contributed by atoms with van der Waals surface area (Å²) in [6.45, 7) is 4.83. The molecule has 0 radical (unpaired) electrons. The van der Waals surface area contributed by atoms with Gasteiger partial charge in [-0.3, -0.25) is 5.32 Å². The third kappa shape index (κ3) is 4.70. The lowest BCUT2D eigenvalue weighted by molar-refractivity contribution is 0.493. The van der Waals surface area contributed by atoms with Gasteiger partial charge in [0.05, 0.1) is 16.1 Å². The Morgan fingerprint density at radius 3 is 2.67 bits per heavy atom. The molecule has 1 N–H and O–H groups in total. The summed E-state index contributed by atoms with van der Waals surface area (Å²) < 4.78 is 0. The summed E-state index contributed by atoms with van der Waals surface area (Å²) in [5.41, 5.74) is -0.521. The number of hydrogen-bond acceptors (Lipinski definition) is 3. The molecule has 5 heteroatoms. The zero-order valence-electron chi connectivity index (χ0n) is 10.5. The van der Waals surface area contributed by atoms with E-state index >= 15 is 0 Å². The minimum absolute atomic E-state index is 0.521. The van der Waals surface area contributed by atoms with Crippen LogP contribution in [0.15, 0.2) is 23.1 Å². The third-order valence-electron chi connectivity index (χ3n) is 2.43. The van der Waals surface area contributed by atoms with Gasteiger partial charge in [-0.05, 0) is 38.1 Å². The Kier molecular flexibility index (Phi) is 6.31. The predicted molar refractivity (Wildman–Crippen MR) is 79.5 cm³/mol. The van der Waals surface area contributed by atoms with Gasteiger partial charge in [-0.15, -0.1) is 11.8 Å². The van der Waals surface area contributed by atoms with Crippen molar-refractivity contribution in [1.82, 2.24) is 5.32 Å². The SMILES string of the molecule is CCCNC(C)(C#N)CSc1ccc(Cl)c(Cl)c1. The number of rotatable bonds is 6. The van der Waals surface area contributed by atoms with Crippen molar-refractivity contribution in [2.24, 2.45) is 0 Å². The number of thioether (sulfide) groups is 1. The quantitative estimate of drug-likeness (QED) is 0.793. The fourth-order valence-corrected chi connectivity index (χ4v) is 2.67. The molecule has 0 aliphatic carbocycles. The second kappa shape index (κ2) is 7.25. The van der Waals surface area contributed by atoms with Crippen LogP contribution in [0.1, 0.15) is 20.3 Å². The Morgan fingerprint density at radius 2 is 2.11 bits per heavy atom. The van der Waals surface area contributed by atoms with E-state index in [-0.39, 0.29) is 0 Å². The molecule has 0 aliphatic heterocycles. The van der Waals surface area contributed by atoms with Crippen LogP contribution < -0.4 is 5.32 Å². The molecule has 0 bridgehead atoms. The molecule has 1 unspecified atom stereocenters. The highest BCUT2D eigenvalue weighted by molar-refractivity contribution is 7.99. The van der Waals surface area contributed by atoms with Crippen LogP contribution in [-0.4, -0.2) is 17.8 Å². The van der Waals surface area contributed by atoms with Crippen LogP contribution in [0.5, 0.6) is 0 Å². The summed E-state index contributed by atoms with van der Waals surface area (Å²) in [4.78, 5) is 1.02. The Balaban J connectivity index is 2.62. The zero-order chi connectivity index (χ0) is 13.6. The minimum atomic E-state index is -0.521. The Labute approximate surface area is 123 Å². The van der Waals surface area contributed by atoms with E-state index in [1.54, 1.807) is 17.8 Å². The number of hydrogen-bond donors (Lipinski definition) is 1. The average Bonchev–Trinajstić information content (AvgIpc) is 2.38. The lowest BCUT2D eigenvalue weighted by atomic mass is 10.1. The predicted octanol–water partition coefficient (Wildman–Crippen LogP) is 4.37. The standard InChI is InChI=1S/C13H16Cl2N2S/c1-3-6-17-13(2,8-16)9-18-10-4-5-11(14)12(15)7-10/h4-5,7,17H,3,6,9H2,1-2H3. The molecular formula is C13H16Cl2N2S. The number of nitrogens with zero attached hydrogens (tertiary/aromatic N) is 1. The molecule has 1 atom stereocenters. The van der Waals surface area contributed by atoms with E-state index in [0.29, 0.717) is 15.8 Å². The summed E-state index contributed by atoms with van der Waals surface area (Å²) in [6.07, 6.45) is 1.01. The Hall–Kier alpha value is -0.400. The van der Waals surface area contributed by atoms with Gasteiger partial charge in [-0.1, -0.05) is 30.1 Å². The van der Waals surface area contributed by atoms with Gasteiger partial charge in [0, 0.05) is 10.6 Å². The second-order valence-corrected chi connectivity index (χ2v) is 6.10. The fourth-order valence-electron chi connectivity index (χ4n) is 1.32. The van der Waals surface area contributed by atoms with E-state index < -0.39 is 5.54 Å². The largest absolute Gasteiger partial charge is 0.299 e. The maximum Gasteiger partial charge on any atom is 0.113 e. The first-order chi connectivity index (χ1) is 8.50. The van der Waals surface area contributed by atoms with Crippen LogP contribution in [-0.2, 0) is 0 Å². The molecule has 98 valence electrons. The normalized spacial score (nSPS) is 13.9. The lowest BCUT2D eigenvalue weighted by Crippen LogP contribution is -2.43. The summed E-state index contributed by atoms with van der Waals surface area (Å²) in [5.74, 6) is 0.668. The van der Waals surface area contributed by atoms with Crippen LogP contribution in [0.2, 0.25) is 10.0 Å². The molecule has 18 heavy (non-hydrogen) atoms. The van der Waals surface area contributed by atoms with E-state index in [9.17, 15) is 5.26 Å². The van der Waals surface area contributed by atoms with Gasteiger partial charge in [0.15, 0.2) is 0 Å². The van der Waals surface area contributed by atoms with Crippen molar-refractivity contribution in [2.75, 3.05) is 12.3 Å². The van der Waals surface area contributed by atoms with Crippen LogP contribution in [0.3, 0.4) is 0 Å². The number of nitriles is 1. The van der Waals surface area contributed by atoms with Crippen molar-refractivity contribution < 1.29 is 0 Å². The molecule has 0 spiro atoms. The lowest BCUT2D eigenvalue weighted by Gasteiger charge is -2.22. The zero-order valence-corrected chi connectivity index (χ0v) is 12.8. The van der Waals surface area contributed by atoms with E-state index in [1.807, 2.05) is 19.1 Å². The van der Waals surface area contributed by atoms with Crippen LogP contribution >= 0.6 is 35.0 Å². The second-order valence-electron chi connectivity index (χ2n) is 4.24. The molecular weight excluding hydrogens is 287 g/mol. The molecule has 0 aromatic heterocycles. The Bertz CT molecular complexity index is 445. The van der Waals surface area contributed by atoms with E-state index in [0.717, 1.165) is 17.9 Å². The monoisotopic (exact) mass is 302 g/mol. The maximum atomic E-state index is 9.22. The van der Waals surface area contributed by atoms with E-state index in [4.69, 9.17) is 23.2 Å². The van der Waals surface area contributed by atoms with Crippen molar-refractivity contribution in [2.45, 2.75) is 30.7 Å². The van der Waals surface area contributed by atoms with E-state index in [2.05, 4.69) is 18.3 Å². The first-order valence-corrected chi connectivity index (χ1v) is 7.49. The number of benzene rings is 1. The van der Waals surface area contributed by atoms with E-state index in [1.165, 1.54) is 0 Å². The van der Waals surface area contributed by atoms with Crippen LogP contribution in [0, 0.1) is 11.3 Å². The third-order valence-corrected chi connectivity index (χ3v) is 4.48. The summed E-state index contributed by atoms with van der Waals surface area (Å²) >= 11 is 13.4. The number of nitrogens with one attached hydrogen (secondary N) is 1. The summed E-state index contributed by atoms with van der Waals surface area (Å²) in [7, 11) is 0. The van der Waals surface area contributed by atoms with Crippen LogP contribution in [0.25, 0.3) is 0 Å². The summed E-state index contributed by atoms with van der Waals surface area (Å²) in [6, 6.07) is 7.83. The molecule has 0 heterocycles. The van der Waals surface area contributed by atoms with Crippen molar-refractivity contribution in [3.05, 3.63) is 28.2 Å². The topological polar surface area (TPSA) is 35.8 Å². The molecule has 1 aromatic carbocycles. The first-order valence-electron chi connectivity index (χ1n) is 5.75. The molecule has 1 aromatic rings. The fraction of sp³-hybridized carbons (Fsp3) is 0.462. The summed E-state index contributed by atoms with van der Waals surface area (Å²) in [5, 5.41) is 13.6. The van der Waals surface area contributed by atoms with Crippen molar-refractivity contribution in [3.8, 4) is 6.07 Å². The van der Waals surface area contributed by atoms with Gasteiger partial charge in [0.1, 0.15) is 5.54 Å². The molecule has 0 aliphatic rings.